The number of carbonyl (C=O) groups excluding carboxylic acids is 3. The van der Waals surface area contributed by atoms with Gasteiger partial charge in [-0.1, -0.05) is 0 Å². The Morgan fingerprint density at radius 2 is 1.85 bits per heavy atom. The molecule has 2 heterocycles. The van der Waals surface area contributed by atoms with Crippen molar-refractivity contribution >= 4 is 17.8 Å². The van der Waals surface area contributed by atoms with Gasteiger partial charge < -0.3 is 10.1 Å². The lowest BCUT2D eigenvalue weighted by atomic mass is 9.90. The quantitative estimate of drug-likeness (QED) is 0.406. The number of cyclic esters (lactones) is 2. The Kier molecular flexibility index (Phi) is 1.61. The van der Waals surface area contributed by atoms with Crippen LogP contribution in [0.5, 0.6) is 0 Å². The first kappa shape index (κ1) is 8.22. The van der Waals surface area contributed by atoms with Crippen molar-refractivity contribution in [2.75, 3.05) is 0 Å². The molecule has 5 nitrogen and oxygen atoms in total. The van der Waals surface area contributed by atoms with Crippen molar-refractivity contribution < 1.29 is 19.1 Å². The Hall–Kier alpha value is -1.39. The number of carbonyl (C=O) groups is 3. The fraction of sp³-hybridized carbons (Fsp3) is 0.625. The highest BCUT2D eigenvalue weighted by Crippen LogP contribution is 2.30. The van der Waals surface area contributed by atoms with Gasteiger partial charge in [0.1, 0.15) is 5.54 Å². The molecule has 1 spiro atoms. The van der Waals surface area contributed by atoms with Gasteiger partial charge in [-0.05, 0) is 12.8 Å². The molecular weight excluding hydrogens is 174 g/mol. The van der Waals surface area contributed by atoms with Gasteiger partial charge in [-0.15, -0.1) is 0 Å². The summed E-state index contributed by atoms with van der Waals surface area (Å²) < 4.78 is 4.48. The van der Waals surface area contributed by atoms with Gasteiger partial charge in [0.15, 0.2) is 0 Å². The number of nitrogens with one attached hydrogen (secondary N) is 1. The average Bonchev–Trinajstić information content (AvgIpc) is 2.43. The highest BCUT2D eigenvalue weighted by Gasteiger charge is 2.49. The zero-order chi connectivity index (χ0) is 9.47. The maximum Gasteiger partial charge on any atom is 0.339 e. The molecule has 1 amide bonds. The normalized spacial score (nSPS) is 33.4. The molecule has 0 radical (unpaired) electrons. The first-order valence-corrected chi connectivity index (χ1v) is 4.18. The lowest BCUT2D eigenvalue weighted by Crippen LogP contribution is -2.53. The van der Waals surface area contributed by atoms with E-state index in [9.17, 15) is 14.4 Å². The van der Waals surface area contributed by atoms with E-state index in [0.29, 0.717) is 19.3 Å². The van der Waals surface area contributed by atoms with Crippen LogP contribution in [0.15, 0.2) is 0 Å². The van der Waals surface area contributed by atoms with Crippen molar-refractivity contribution in [2.24, 2.45) is 0 Å². The van der Waals surface area contributed by atoms with Crippen LogP contribution in [0.25, 0.3) is 0 Å². The molecule has 0 saturated carbocycles. The van der Waals surface area contributed by atoms with E-state index in [2.05, 4.69) is 10.1 Å². The number of esters is 2. The summed E-state index contributed by atoms with van der Waals surface area (Å²) in [6.07, 6.45) is 1.35. The third kappa shape index (κ3) is 1.20. The van der Waals surface area contributed by atoms with Crippen molar-refractivity contribution in [1.82, 2.24) is 5.32 Å². The number of ether oxygens (including phenoxy) is 1. The highest BCUT2D eigenvalue weighted by molar-refractivity contribution is 5.98. The topological polar surface area (TPSA) is 72.5 Å². The molecule has 2 aliphatic rings. The first-order chi connectivity index (χ1) is 6.12. The molecule has 2 saturated heterocycles. The summed E-state index contributed by atoms with van der Waals surface area (Å²) in [5.41, 5.74) is -0.898. The van der Waals surface area contributed by atoms with Crippen molar-refractivity contribution in [3.8, 4) is 0 Å². The van der Waals surface area contributed by atoms with Crippen LogP contribution in [-0.2, 0) is 19.1 Å². The van der Waals surface area contributed by atoms with Gasteiger partial charge in [-0.2, -0.15) is 0 Å². The summed E-state index contributed by atoms with van der Waals surface area (Å²) in [6.45, 7) is 0. The zero-order valence-corrected chi connectivity index (χ0v) is 6.96. The number of hydrogen-bond donors (Lipinski definition) is 1. The molecule has 1 atom stereocenters. The van der Waals surface area contributed by atoms with Crippen LogP contribution in [0.1, 0.15) is 25.7 Å². The Balaban J connectivity index is 2.19. The Labute approximate surface area is 74.4 Å². The molecule has 5 heteroatoms. The Bertz CT molecular complexity index is 299. The largest absolute Gasteiger partial charge is 0.391 e. The SMILES string of the molecule is O=C1CCC2(CCC(=O)OC2=O)N1. The summed E-state index contributed by atoms with van der Waals surface area (Å²) in [7, 11) is 0. The van der Waals surface area contributed by atoms with E-state index in [-0.39, 0.29) is 12.3 Å². The van der Waals surface area contributed by atoms with Gasteiger partial charge in [-0.3, -0.25) is 9.59 Å². The molecule has 0 aromatic carbocycles. The van der Waals surface area contributed by atoms with Gasteiger partial charge in [0, 0.05) is 12.8 Å². The summed E-state index contributed by atoms with van der Waals surface area (Å²) in [5, 5.41) is 2.57. The van der Waals surface area contributed by atoms with Crippen molar-refractivity contribution in [3.63, 3.8) is 0 Å². The molecule has 13 heavy (non-hydrogen) atoms. The van der Waals surface area contributed by atoms with Crippen molar-refractivity contribution in [1.29, 1.82) is 0 Å². The van der Waals surface area contributed by atoms with Crippen LogP contribution in [0.3, 0.4) is 0 Å². The minimum atomic E-state index is -0.898. The minimum absolute atomic E-state index is 0.147. The maximum absolute atomic E-state index is 11.3. The molecule has 1 N–H and O–H groups in total. The zero-order valence-electron chi connectivity index (χ0n) is 6.96. The summed E-state index contributed by atoms with van der Waals surface area (Å²) >= 11 is 0. The van der Waals surface area contributed by atoms with E-state index in [1.54, 1.807) is 0 Å². The Morgan fingerprint density at radius 3 is 2.38 bits per heavy atom. The second-order valence-corrected chi connectivity index (χ2v) is 3.39. The van der Waals surface area contributed by atoms with Crippen molar-refractivity contribution in [3.05, 3.63) is 0 Å². The number of hydrogen-bond acceptors (Lipinski definition) is 4. The van der Waals surface area contributed by atoms with Crippen LogP contribution in [0.2, 0.25) is 0 Å². The van der Waals surface area contributed by atoms with Gasteiger partial charge in [0.05, 0.1) is 0 Å². The molecule has 70 valence electrons. The molecule has 2 rings (SSSR count). The molecular formula is C8H9NO4. The smallest absolute Gasteiger partial charge is 0.339 e. The number of amides is 1. The summed E-state index contributed by atoms with van der Waals surface area (Å²) in [6, 6.07) is 0. The number of rotatable bonds is 0. The molecule has 0 bridgehead atoms. The molecule has 0 aromatic heterocycles. The van der Waals surface area contributed by atoms with Crippen molar-refractivity contribution in [2.45, 2.75) is 31.2 Å². The highest BCUT2D eigenvalue weighted by atomic mass is 16.6. The second-order valence-electron chi connectivity index (χ2n) is 3.39. The first-order valence-electron chi connectivity index (χ1n) is 4.18. The minimum Gasteiger partial charge on any atom is -0.391 e. The van der Waals surface area contributed by atoms with E-state index < -0.39 is 17.5 Å². The molecule has 2 aliphatic heterocycles. The summed E-state index contributed by atoms with van der Waals surface area (Å²) in [4.78, 5) is 33.0. The fourth-order valence-electron chi connectivity index (χ4n) is 1.73. The lowest BCUT2D eigenvalue weighted by molar-refractivity contribution is -0.170. The predicted molar refractivity (Wildman–Crippen MR) is 40.4 cm³/mol. The molecule has 0 aromatic rings. The lowest BCUT2D eigenvalue weighted by Gasteiger charge is -2.29. The fourth-order valence-corrected chi connectivity index (χ4v) is 1.73. The molecule has 1 unspecified atom stereocenters. The standard InChI is InChI=1S/C8H9NO4/c10-5-1-3-8(9-5)4-2-6(11)13-7(8)12/h1-4H2,(H,9,10). The van der Waals surface area contributed by atoms with E-state index in [0.717, 1.165) is 0 Å². The third-order valence-electron chi connectivity index (χ3n) is 2.51. The maximum atomic E-state index is 11.3. The monoisotopic (exact) mass is 183 g/mol. The average molecular weight is 183 g/mol. The second kappa shape index (κ2) is 2.55. The molecule has 0 aliphatic carbocycles. The van der Waals surface area contributed by atoms with E-state index in [1.165, 1.54) is 0 Å². The van der Waals surface area contributed by atoms with Gasteiger partial charge in [0.2, 0.25) is 5.91 Å². The third-order valence-corrected chi connectivity index (χ3v) is 2.51. The van der Waals surface area contributed by atoms with Crippen LogP contribution in [-0.4, -0.2) is 23.4 Å². The van der Waals surface area contributed by atoms with Gasteiger partial charge in [-0.25, -0.2) is 4.79 Å². The van der Waals surface area contributed by atoms with E-state index in [4.69, 9.17) is 0 Å². The van der Waals surface area contributed by atoms with Crippen LogP contribution in [0.4, 0.5) is 0 Å². The van der Waals surface area contributed by atoms with E-state index in [1.807, 2.05) is 0 Å². The Morgan fingerprint density at radius 1 is 1.15 bits per heavy atom. The van der Waals surface area contributed by atoms with Crippen LogP contribution < -0.4 is 5.32 Å². The molecule has 2 fully saturated rings. The van der Waals surface area contributed by atoms with Gasteiger partial charge in [0.25, 0.3) is 0 Å². The summed E-state index contributed by atoms with van der Waals surface area (Å²) in [5.74, 6) is -1.25. The van der Waals surface area contributed by atoms with Gasteiger partial charge >= 0.3 is 11.9 Å². The van der Waals surface area contributed by atoms with E-state index >= 15 is 0 Å². The predicted octanol–water partition coefficient (Wildman–Crippen LogP) is -0.501. The van der Waals surface area contributed by atoms with Crippen LogP contribution in [0, 0.1) is 0 Å². The van der Waals surface area contributed by atoms with Crippen LogP contribution >= 0.6 is 0 Å².